The molecule has 0 radical (unpaired) electrons. The largest absolute Gasteiger partial charge is 0.273 e. The molecule has 1 N–H and O–H groups in total. The Morgan fingerprint density at radius 1 is 1.18 bits per heavy atom. The lowest BCUT2D eigenvalue weighted by Gasteiger charge is -2.19. The molecule has 2 rings (SSSR count). The Hall–Kier alpha value is -1.64. The van der Waals surface area contributed by atoms with Gasteiger partial charge in [0.05, 0.1) is 6.21 Å². The number of benzene rings is 1. The van der Waals surface area contributed by atoms with E-state index in [9.17, 15) is 4.79 Å². The second kappa shape index (κ2) is 6.18. The van der Waals surface area contributed by atoms with Crippen LogP contribution in [0, 0.1) is 5.92 Å². The van der Waals surface area contributed by atoms with Gasteiger partial charge in [-0.25, -0.2) is 5.43 Å². The van der Waals surface area contributed by atoms with Gasteiger partial charge in [-0.1, -0.05) is 49.6 Å². The minimum Gasteiger partial charge on any atom is -0.273 e. The van der Waals surface area contributed by atoms with Crippen LogP contribution in [0.4, 0.5) is 0 Å². The van der Waals surface area contributed by atoms with Gasteiger partial charge in [-0.15, -0.1) is 0 Å². The fraction of sp³-hybridized carbons (Fsp3) is 0.429. The highest BCUT2D eigenvalue weighted by atomic mass is 16.2. The molecule has 0 heterocycles. The van der Waals surface area contributed by atoms with E-state index in [1.807, 2.05) is 30.3 Å². The van der Waals surface area contributed by atoms with Crippen molar-refractivity contribution in [1.82, 2.24) is 5.43 Å². The monoisotopic (exact) mass is 230 g/mol. The first-order valence-corrected chi connectivity index (χ1v) is 6.24. The zero-order valence-corrected chi connectivity index (χ0v) is 9.93. The van der Waals surface area contributed by atoms with E-state index in [0.29, 0.717) is 0 Å². The van der Waals surface area contributed by atoms with Crippen LogP contribution in [0.1, 0.15) is 37.7 Å². The van der Waals surface area contributed by atoms with Crippen LogP contribution in [0.2, 0.25) is 0 Å². The van der Waals surface area contributed by atoms with E-state index in [1.165, 1.54) is 19.3 Å². The Labute approximate surface area is 102 Å². The van der Waals surface area contributed by atoms with E-state index in [2.05, 4.69) is 10.5 Å². The molecule has 1 aliphatic carbocycles. The summed E-state index contributed by atoms with van der Waals surface area (Å²) < 4.78 is 0. The average Bonchev–Trinajstić information content (AvgIpc) is 2.41. The van der Waals surface area contributed by atoms with Crippen molar-refractivity contribution in [2.75, 3.05) is 0 Å². The van der Waals surface area contributed by atoms with Crippen molar-refractivity contribution >= 4 is 12.1 Å². The second-order valence-corrected chi connectivity index (χ2v) is 4.48. The molecule has 0 spiro atoms. The third kappa shape index (κ3) is 3.70. The molecule has 90 valence electrons. The van der Waals surface area contributed by atoms with Crippen molar-refractivity contribution in [2.24, 2.45) is 11.0 Å². The van der Waals surface area contributed by atoms with Crippen molar-refractivity contribution in [2.45, 2.75) is 32.1 Å². The molecule has 3 nitrogen and oxygen atoms in total. The van der Waals surface area contributed by atoms with Gasteiger partial charge in [0, 0.05) is 5.92 Å². The number of rotatable bonds is 3. The lowest BCUT2D eigenvalue weighted by molar-refractivity contribution is -0.125. The van der Waals surface area contributed by atoms with Crippen molar-refractivity contribution in [3.05, 3.63) is 35.9 Å². The number of nitrogens with zero attached hydrogens (tertiary/aromatic N) is 1. The highest BCUT2D eigenvalue weighted by Crippen LogP contribution is 2.23. The van der Waals surface area contributed by atoms with Crippen LogP contribution in [0.5, 0.6) is 0 Å². The summed E-state index contributed by atoms with van der Waals surface area (Å²) in [5, 5.41) is 3.99. The predicted molar refractivity (Wildman–Crippen MR) is 68.8 cm³/mol. The number of hydrogen-bond acceptors (Lipinski definition) is 2. The van der Waals surface area contributed by atoms with Crippen molar-refractivity contribution in [3.8, 4) is 0 Å². The molecule has 1 aliphatic rings. The second-order valence-electron chi connectivity index (χ2n) is 4.48. The third-order valence-electron chi connectivity index (χ3n) is 3.16. The number of hydrogen-bond donors (Lipinski definition) is 1. The van der Waals surface area contributed by atoms with Crippen molar-refractivity contribution < 1.29 is 4.79 Å². The maximum absolute atomic E-state index is 11.8. The van der Waals surface area contributed by atoms with Gasteiger partial charge in [0.25, 0.3) is 0 Å². The van der Waals surface area contributed by atoms with Crippen LogP contribution in [0.15, 0.2) is 35.4 Å². The minimum absolute atomic E-state index is 0.0666. The maximum Gasteiger partial charge on any atom is 0.243 e. The standard InChI is InChI=1S/C14H18N2O/c17-14(13-9-5-2-6-10-13)16-15-11-12-7-3-1-4-8-12/h1,3-4,7-8,11,13H,2,5-6,9-10H2,(H,16,17)/b15-11+. The smallest absolute Gasteiger partial charge is 0.243 e. The van der Waals surface area contributed by atoms with E-state index in [1.54, 1.807) is 6.21 Å². The third-order valence-corrected chi connectivity index (χ3v) is 3.16. The van der Waals surface area contributed by atoms with Gasteiger partial charge in [-0.2, -0.15) is 5.10 Å². The molecule has 0 unspecified atom stereocenters. The summed E-state index contributed by atoms with van der Waals surface area (Å²) >= 11 is 0. The SMILES string of the molecule is O=C(N/N=C/c1ccccc1)C1CCCCC1. The van der Waals surface area contributed by atoms with Crippen molar-refractivity contribution in [3.63, 3.8) is 0 Å². The van der Waals surface area contributed by atoms with Gasteiger partial charge in [0.15, 0.2) is 0 Å². The summed E-state index contributed by atoms with van der Waals surface area (Å²) in [6.07, 6.45) is 7.29. The Bertz CT molecular complexity index is 380. The molecular weight excluding hydrogens is 212 g/mol. The van der Waals surface area contributed by atoms with E-state index in [-0.39, 0.29) is 11.8 Å². The first kappa shape index (κ1) is 11.8. The zero-order valence-electron chi connectivity index (χ0n) is 9.93. The molecule has 17 heavy (non-hydrogen) atoms. The van der Waals surface area contributed by atoms with Crippen LogP contribution in [0.25, 0.3) is 0 Å². The van der Waals surface area contributed by atoms with Crippen LogP contribution in [-0.4, -0.2) is 12.1 Å². The molecule has 0 atom stereocenters. The summed E-state index contributed by atoms with van der Waals surface area (Å²) in [4.78, 5) is 11.8. The first-order valence-electron chi connectivity index (χ1n) is 6.24. The Kier molecular flexibility index (Phi) is 4.30. The van der Waals surface area contributed by atoms with Crippen molar-refractivity contribution in [1.29, 1.82) is 0 Å². The van der Waals surface area contributed by atoms with Gasteiger partial charge in [-0.05, 0) is 18.4 Å². The number of amides is 1. The molecule has 1 saturated carbocycles. The lowest BCUT2D eigenvalue weighted by Crippen LogP contribution is -2.28. The number of carbonyl (C=O) groups excluding carboxylic acids is 1. The highest BCUT2D eigenvalue weighted by molar-refractivity contribution is 5.83. The first-order chi connectivity index (χ1) is 8.36. The number of carbonyl (C=O) groups is 1. The maximum atomic E-state index is 11.8. The zero-order chi connectivity index (χ0) is 11.9. The molecule has 1 aromatic carbocycles. The van der Waals surface area contributed by atoms with Crippen LogP contribution >= 0.6 is 0 Å². The molecule has 0 bridgehead atoms. The van der Waals surface area contributed by atoms with E-state index < -0.39 is 0 Å². The molecular formula is C14H18N2O. The van der Waals surface area contributed by atoms with E-state index >= 15 is 0 Å². The molecule has 1 fully saturated rings. The Balaban J connectivity index is 1.81. The van der Waals surface area contributed by atoms with Gasteiger partial charge in [-0.3, -0.25) is 4.79 Å². The molecule has 3 heteroatoms. The Morgan fingerprint density at radius 3 is 2.59 bits per heavy atom. The fourth-order valence-electron chi connectivity index (χ4n) is 2.17. The Morgan fingerprint density at radius 2 is 1.88 bits per heavy atom. The average molecular weight is 230 g/mol. The van der Waals surface area contributed by atoms with Gasteiger partial charge in [0.1, 0.15) is 0 Å². The topological polar surface area (TPSA) is 41.5 Å². The molecule has 0 saturated heterocycles. The number of hydrazone groups is 1. The van der Waals surface area contributed by atoms with Gasteiger partial charge < -0.3 is 0 Å². The summed E-state index contributed by atoms with van der Waals surface area (Å²) in [5.41, 5.74) is 3.63. The highest BCUT2D eigenvalue weighted by Gasteiger charge is 2.20. The summed E-state index contributed by atoms with van der Waals surface area (Å²) in [6.45, 7) is 0. The molecule has 1 aromatic rings. The van der Waals surface area contributed by atoms with Crippen LogP contribution in [-0.2, 0) is 4.79 Å². The van der Waals surface area contributed by atoms with Gasteiger partial charge >= 0.3 is 0 Å². The lowest BCUT2D eigenvalue weighted by atomic mass is 9.89. The van der Waals surface area contributed by atoms with Crippen LogP contribution in [0.3, 0.4) is 0 Å². The minimum atomic E-state index is 0.0666. The quantitative estimate of drug-likeness (QED) is 0.629. The summed E-state index contributed by atoms with van der Waals surface area (Å²) in [5.74, 6) is 0.230. The van der Waals surface area contributed by atoms with E-state index in [4.69, 9.17) is 0 Å². The predicted octanol–water partition coefficient (Wildman–Crippen LogP) is 2.72. The van der Waals surface area contributed by atoms with E-state index in [0.717, 1.165) is 18.4 Å². The summed E-state index contributed by atoms with van der Waals surface area (Å²) in [7, 11) is 0. The fourth-order valence-corrected chi connectivity index (χ4v) is 2.17. The molecule has 1 amide bonds. The summed E-state index contributed by atoms with van der Waals surface area (Å²) in [6, 6.07) is 9.76. The number of nitrogens with one attached hydrogen (secondary N) is 1. The van der Waals surface area contributed by atoms with Crippen LogP contribution < -0.4 is 5.43 Å². The van der Waals surface area contributed by atoms with Gasteiger partial charge in [0.2, 0.25) is 5.91 Å². The molecule has 0 aromatic heterocycles. The normalized spacial score (nSPS) is 17.2. The molecule has 0 aliphatic heterocycles.